The molecule has 0 spiro atoms. The molecule has 0 aromatic carbocycles. The van der Waals surface area contributed by atoms with Gasteiger partial charge in [-0.1, -0.05) is 12.7 Å². The highest BCUT2D eigenvalue weighted by molar-refractivity contribution is 5.93. The van der Waals surface area contributed by atoms with E-state index in [9.17, 15) is 9.59 Å². The van der Waals surface area contributed by atoms with Gasteiger partial charge in [0.05, 0.1) is 6.33 Å². The van der Waals surface area contributed by atoms with Crippen LogP contribution in [0.5, 0.6) is 0 Å². The molecule has 20 heavy (non-hydrogen) atoms. The van der Waals surface area contributed by atoms with Crippen molar-refractivity contribution in [3.8, 4) is 0 Å². The summed E-state index contributed by atoms with van der Waals surface area (Å²) in [5.41, 5.74) is 0.589. The second-order valence-corrected chi connectivity index (χ2v) is 3.67. The minimum absolute atomic E-state index is 0.0630. The van der Waals surface area contributed by atoms with E-state index in [0.717, 1.165) is 0 Å². The number of carboxylic acids is 1. The third-order valence-electron chi connectivity index (χ3n) is 2.26. The van der Waals surface area contributed by atoms with E-state index in [1.54, 1.807) is 0 Å². The van der Waals surface area contributed by atoms with Crippen molar-refractivity contribution in [1.29, 1.82) is 0 Å². The summed E-state index contributed by atoms with van der Waals surface area (Å²) in [5.74, 6) is -0.879. The van der Waals surface area contributed by atoms with Crippen LogP contribution in [0.25, 0.3) is 11.2 Å². The summed E-state index contributed by atoms with van der Waals surface area (Å²) in [5, 5.41) is 11.2. The molecule has 104 valence electrons. The maximum Gasteiger partial charge on any atom is 0.413 e. The Morgan fingerprint density at radius 2 is 2.25 bits per heavy atom. The summed E-state index contributed by atoms with van der Waals surface area (Å²) < 4.78 is 6.09. The summed E-state index contributed by atoms with van der Waals surface area (Å²) in [6.07, 6.45) is 3.23. The maximum absolute atomic E-state index is 11.4. The lowest BCUT2D eigenvalue weighted by molar-refractivity contribution is -0.137. The normalized spacial score (nSPS) is 10.2. The van der Waals surface area contributed by atoms with Crippen LogP contribution in [0, 0.1) is 0 Å². The Morgan fingerprint density at radius 3 is 2.95 bits per heavy atom. The molecule has 0 radical (unpaired) electrons. The number of aromatic nitrogens is 4. The predicted octanol–water partition coefficient (Wildman–Crippen LogP) is 0.645. The number of nitrogens with one attached hydrogen (secondary N) is 1. The highest BCUT2D eigenvalue weighted by Crippen LogP contribution is 2.17. The number of carbonyl (C=O) groups is 2. The van der Waals surface area contributed by atoms with Crippen LogP contribution < -0.4 is 5.32 Å². The highest BCUT2D eigenvalue weighted by Gasteiger charge is 2.14. The molecule has 9 heteroatoms. The zero-order valence-corrected chi connectivity index (χ0v) is 10.3. The van der Waals surface area contributed by atoms with Crippen LogP contribution in [0.3, 0.4) is 0 Å². The zero-order valence-electron chi connectivity index (χ0n) is 10.3. The summed E-state index contributed by atoms with van der Waals surface area (Å²) in [6, 6.07) is 0. The third-order valence-corrected chi connectivity index (χ3v) is 2.26. The van der Waals surface area contributed by atoms with Gasteiger partial charge in [-0.05, 0) is 0 Å². The van der Waals surface area contributed by atoms with E-state index in [1.807, 2.05) is 0 Å². The number of rotatable bonds is 5. The molecule has 0 fully saturated rings. The molecule has 0 atom stereocenters. The van der Waals surface area contributed by atoms with E-state index in [-0.39, 0.29) is 24.5 Å². The van der Waals surface area contributed by atoms with Gasteiger partial charge in [0.25, 0.3) is 0 Å². The van der Waals surface area contributed by atoms with Crippen LogP contribution in [0.15, 0.2) is 25.3 Å². The number of amides is 1. The number of carboxylic acid groups (broad SMARTS) is 1. The predicted molar refractivity (Wildman–Crippen MR) is 68.1 cm³/mol. The second kappa shape index (κ2) is 5.78. The molecule has 0 saturated heterocycles. The number of ether oxygens (including phenoxy) is 1. The van der Waals surface area contributed by atoms with Gasteiger partial charge in [-0.3, -0.25) is 10.1 Å². The van der Waals surface area contributed by atoms with Gasteiger partial charge in [0.2, 0.25) is 0 Å². The minimum atomic E-state index is -1.03. The van der Waals surface area contributed by atoms with Crippen molar-refractivity contribution < 1.29 is 19.4 Å². The number of imidazole rings is 1. The van der Waals surface area contributed by atoms with Crippen molar-refractivity contribution in [1.82, 2.24) is 19.5 Å². The Bertz CT molecular complexity index is 666. The van der Waals surface area contributed by atoms with E-state index >= 15 is 0 Å². The molecule has 2 rings (SSSR count). The average molecular weight is 277 g/mol. The van der Waals surface area contributed by atoms with Gasteiger partial charge in [-0.15, -0.1) is 0 Å². The molecule has 0 saturated carbocycles. The molecule has 1 amide bonds. The van der Waals surface area contributed by atoms with Gasteiger partial charge in [0, 0.05) is 0 Å². The highest BCUT2D eigenvalue weighted by atomic mass is 16.5. The maximum atomic E-state index is 11.4. The summed E-state index contributed by atoms with van der Waals surface area (Å²) in [4.78, 5) is 33.9. The molecule has 0 unspecified atom stereocenters. The van der Waals surface area contributed by atoms with E-state index in [4.69, 9.17) is 9.84 Å². The summed E-state index contributed by atoms with van der Waals surface area (Å²) in [6.45, 7) is 3.20. The standard InChI is InChI=1S/C11H11N5O4/c1-2-3-20-11(19)15-9-8-10(13-5-12-9)16(6-14-8)4-7(17)18/h2,5-6H,1,3-4H2,(H,17,18)(H,12,13,15,19). The number of fused-ring (bicyclic) bond motifs is 1. The fraction of sp³-hybridized carbons (Fsp3) is 0.182. The van der Waals surface area contributed by atoms with Crippen LogP contribution >= 0.6 is 0 Å². The molecular formula is C11H11N5O4. The van der Waals surface area contributed by atoms with E-state index in [1.165, 1.54) is 23.3 Å². The van der Waals surface area contributed by atoms with Crippen LogP contribution in [-0.2, 0) is 16.1 Å². The third kappa shape index (κ3) is 2.88. The van der Waals surface area contributed by atoms with Crippen LogP contribution in [0.4, 0.5) is 10.6 Å². The first-order valence-corrected chi connectivity index (χ1v) is 5.54. The first-order valence-electron chi connectivity index (χ1n) is 5.54. The number of hydrogen-bond donors (Lipinski definition) is 2. The largest absolute Gasteiger partial charge is 0.480 e. The Labute approximate surface area is 112 Å². The van der Waals surface area contributed by atoms with Gasteiger partial charge < -0.3 is 14.4 Å². The van der Waals surface area contributed by atoms with Crippen LogP contribution in [0.2, 0.25) is 0 Å². The fourth-order valence-electron chi connectivity index (χ4n) is 1.50. The van der Waals surface area contributed by atoms with Gasteiger partial charge in [0.15, 0.2) is 17.0 Å². The van der Waals surface area contributed by atoms with E-state index < -0.39 is 12.1 Å². The molecule has 0 bridgehead atoms. The molecule has 0 aliphatic heterocycles. The van der Waals surface area contributed by atoms with Crippen molar-refractivity contribution in [2.45, 2.75) is 6.54 Å². The topological polar surface area (TPSA) is 119 Å². The molecule has 2 aromatic rings. The second-order valence-electron chi connectivity index (χ2n) is 3.67. The Kier molecular flexibility index (Phi) is 3.89. The smallest absolute Gasteiger partial charge is 0.413 e. The fourth-order valence-corrected chi connectivity index (χ4v) is 1.50. The molecule has 2 N–H and O–H groups in total. The first-order chi connectivity index (χ1) is 9.61. The first kappa shape index (κ1) is 13.5. The summed E-state index contributed by atoms with van der Waals surface area (Å²) >= 11 is 0. The van der Waals surface area contributed by atoms with E-state index in [2.05, 4.69) is 26.8 Å². The number of carbonyl (C=O) groups excluding carboxylic acids is 1. The number of hydrogen-bond acceptors (Lipinski definition) is 6. The molecular weight excluding hydrogens is 266 g/mol. The lowest BCUT2D eigenvalue weighted by atomic mass is 10.5. The monoisotopic (exact) mass is 277 g/mol. The van der Waals surface area contributed by atoms with Crippen molar-refractivity contribution in [2.75, 3.05) is 11.9 Å². The minimum Gasteiger partial charge on any atom is -0.480 e. The Balaban J connectivity index is 2.26. The Hall–Kier alpha value is -2.97. The van der Waals surface area contributed by atoms with Crippen LogP contribution in [-0.4, -0.2) is 43.3 Å². The molecule has 2 aromatic heterocycles. The lowest BCUT2D eigenvalue weighted by Crippen LogP contribution is -2.15. The SMILES string of the molecule is C=CCOC(=O)Nc1ncnc2c1ncn2CC(=O)O. The molecule has 0 aliphatic carbocycles. The number of aliphatic carboxylic acids is 1. The van der Waals surface area contributed by atoms with Crippen LogP contribution in [0.1, 0.15) is 0 Å². The molecule has 0 aliphatic rings. The quantitative estimate of drug-likeness (QED) is 0.770. The van der Waals surface area contributed by atoms with Crippen molar-refractivity contribution >= 4 is 29.0 Å². The lowest BCUT2D eigenvalue weighted by Gasteiger charge is -2.05. The zero-order chi connectivity index (χ0) is 14.5. The number of anilines is 1. The van der Waals surface area contributed by atoms with Gasteiger partial charge in [-0.2, -0.15) is 0 Å². The van der Waals surface area contributed by atoms with Gasteiger partial charge in [0.1, 0.15) is 19.5 Å². The molecule has 9 nitrogen and oxygen atoms in total. The summed E-state index contributed by atoms with van der Waals surface area (Å²) in [7, 11) is 0. The van der Waals surface area contributed by atoms with Gasteiger partial charge >= 0.3 is 12.1 Å². The Morgan fingerprint density at radius 1 is 1.45 bits per heavy atom. The van der Waals surface area contributed by atoms with E-state index in [0.29, 0.717) is 5.65 Å². The van der Waals surface area contributed by atoms with Gasteiger partial charge in [-0.25, -0.2) is 19.7 Å². The van der Waals surface area contributed by atoms with Crippen molar-refractivity contribution in [3.05, 3.63) is 25.3 Å². The number of nitrogens with zero attached hydrogens (tertiary/aromatic N) is 4. The van der Waals surface area contributed by atoms with Crippen molar-refractivity contribution in [3.63, 3.8) is 0 Å². The average Bonchev–Trinajstić information content (AvgIpc) is 2.80. The molecule has 2 heterocycles. The van der Waals surface area contributed by atoms with Crippen molar-refractivity contribution in [2.24, 2.45) is 0 Å².